The third-order valence-electron chi connectivity index (χ3n) is 22.9. The number of ether oxygens (including phenoxy) is 2. The van der Waals surface area contributed by atoms with E-state index in [9.17, 15) is 24.8 Å². The van der Waals surface area contributed by atoms with Crippen molar-refractivity contribution >= 4 is 95.0 Å². The van der Waals surface area contributed by atoms with Gasteiger partial charge in [-0.2, -0.15) is 5.26 Å². The Morgan fingerprint density at radius 1 is 0.440 bits per heavy atom. The number of carbonyl (C=O) groups is 3. The van der Waals surface area contributed by atoms with Crippen LogP contribution < -0.4 is 11.5 Å². The Morgan fingerprint density at radius 2 is 0.780 bits per heavy atom. The van der Waals surface area contributed by atoms with Crippen LogP contribution in [-0.4, -0.2) is 76.3 Å². The molecular weight excluding hydrogens is 1250 g/mol. The van der Waals surface area contributed by atoms with Crippen molar-refractivity contribution in [3.8, 4) is 39.8 Å². The largest absolute Gasteiger partial charge is 0.478 e. The number of nitrogens with zero attached hydrogens (tertiary/aromatic N) is 7. The average Bonchev–Trinajstić information content (AvgIpc) is 1.58. The topological polar surface area (TPSA) is 243 Å². The second-order valence-electron chi connectivity index (χ2n) is 28.5. The number of aromatic nitrogens is 6. The fourth-order valence-electron chi connectivity index (χ4n) is 18.6. The van der Waals surface area contributed by atoms with Crippen molar-refractivity contribution in [2.75, 3.05) is 14.2 Å². The van der Waals surface area contributed by atoms with Gasteiger partial charge in [0.15, 0.2) is 0 Å². The predicted octanol–water partition coefficient (Wildman–Crippen LogP) is 17.9. The van der Waals surface area contributed by atoms with Gasteiger partial charge in [-0.25, -0.2) is 14.4 Å². The third kappa shape index (κ3) is 10.7. The van der Waals surface area contributed by atoms with Gasteiger partial charge in [0, 0.05) is 135 Å². The van der Waals surface area contributed by atoms with Crippen LogP contribution in [0.25, 0.3) is 99.2 Å². The van der Waals surface area contributed by atoms with Gasteiger partial charge >= 0.3 is 17.9 Å². The summed E-state index contributed by atoms with van der Waals surface area (Å²) in [5, 5.41) is 42.4. The van der Waals surface area contributed by atoms with Crippen molar-refractivity contribution < 1.29 is 29.0 Å². The van der Waals surface area contributed by atoms with Gasteiger partial charge in [-0.3, -0.25) is 10.8 Å². The number of carboxylic acid groups (broad SMARTS) is 1. The van der Waals surface area contributed by atoms with Crippen LogP contribution in [0.5, 0.6) is 0 Å². The molecule has 0 saturated heterocycles. The molecule has 18 rings (SSSR count). The van der Waals surface area contributed by atoms with Gasteiger partial charge in [0.2, 0.25) is 0 Å². The molecule has 3 fully saturated rings. The minimum absolute atomic E-state index is 0.0919. The molecule has 0 atom stereocenters. The summed E-state index contributed by atoms with van der Waals surface area (Å²) >= 11 is 0. The molecule has 12 aromatic rings. The number of carboxylic acids is 1. The fraction of sp³-hybridized carbons (Fsp3) is 0.349. The minimum atomic E-state index is -0.889. The molecule has 17 nitrogen and oxygen atoms in total. The first-order valence-electron chi connectivity index (χ1n) is 36.2. The number of nitrogens with one attached hydrogen (secondary N) is 2. The Hall–Kier alpha value is -10.6. The summed E-state index contributed by atoms with van der Waals surface area (Å²) in [5.74, 6) is 0.192. The monoisotopic (exact) mass is 1330 g/mol. The van der Waals surface area contributed by atoms with E-state index in [1.54, 1.807) is 6.07 Å². The first-order chi connectivity index (χ1) is 48.8. The molecule has 0 radical (unpaired) electrons. The van der Waals surface area contributed by atoms with E-state index in [2.05, 4.69) is 100 Å². The fourth-order valence-corrected chi connectivity index (χ4v) is 18.6. The molecule has 0 amide bonds. The molecule has 3 saturated carbocycles. The average molecular weight is 1330 g/mol. The normalized spacial score (nSPS) is 16.3. The number of fused-ring (bicyclic) bond motifs is 12. The summed E-state index contributed by atoms with van der Waals surface area (Å²) in [6.45, 7) is 5.12. The smallest absolute Gasteiger partial charge is 0.337 e. The SMILES string of the molecule is COC(=O)c1ccc2c(C3CCCCC3)c3n(c2c1)CCCn1cc(C#N)c2cccc-3c21.COC(=O)c1ccc2c(C3CCCCC3)c3n(c2c1)CCCn1cc(C(=N)N)c2cccc-3c21.N=C(N)c1cn2c3c(cccc13)-c1c(C3CCCCC3)c3ccc(C(=O)O)cc3n1CCC2. The Labute approximate surface area is 580 Å². The summed E-state index contributed by atoms with van der Waals surface area (Å²) in [6, 6.07) is 39.2. The Kier molecular flexibility index (Phi) is 16.8. The molecule has 0 spiro atoms. The van der Waals surface area contributed by atoms with E-state index < -0.39 is 5.97 Å². The molecule has 6 aromatic carbocycles. The lowest BCUT2D eigenvalue weighted by atomic mass is 9.81. The Morgan fingerprint density at radius 3 is 1.13 bits per heavy atom. The van der Waals surface area contributed by atoms with Gasteiger partial charge in [-0.05, 0) is 129 Å². The van der Waals surface area contributed by atoms with E-state index in [-0.39, 0.29) is 23.6 Å². The first kappa shape index (κ1) is 64.1. The maximum absolute atomic E-state index is 12.4. The van der Waals surface area contributed by atoms with Gasteiger partial charge in [0.25, 0.3) is 0 Å². The van der Waals surface area contributed by atoms with Crippen LogP contribution in [0.2, 0.25) is 0 Å². The number of carbonyl (C=O) groups excluding carboxylic acids is 2. The van der Waals surface area contributed by atoms with Crippen molar-refractivity contribution in [2.24, 2.45) is 11.5 Å². The molecule has 3 aliphatic carbocycles. The van der Waals surface area contributed by atoms with Gasteiger partial charge < -0.3 is 53.5 Å². The van der Waals surface area contributed by atoms with E-state index in [0.29, 0.717) is 34.4 Å². The highest BCUT2D eigenvalue weighted by Gasteiger charge is 2.34. The number of nitrogens with two attached hydrogens (primary N) is 2. The Bertz CT molecular complexity index is 5380. The van der Waals surface area contributed by atoms with Crippen molar-refractivity contribution in [3.05, 3.63) is 178 Å². The van der Waals surface area contributed by atoms with Gasteiger partial charge in [0.05, 0.1) is 70.1 Å². The van der Waals surface area contributed by atoms with Crippen LogP contribution in [0.15, 0.2) is 128 Å². The lowest BCUT2D eigenvalue weighted by molar-refractivity contribution is 0.0592. The van der Waals surface area contributed by atoms with Crippen LogP contribution in [0.3, 0.4) is 0 Å². The number of aromatic carboxylic acids is 1. The van der Waals surface area contributed by atoms with Crippen molar-refractivity contribution in [2.45, 2.75) is 173 Å². The van der Waals surface area contributed by atoms with E-state index in [4.69, 9.17) is 31.8 Å². The van der Waals surface area contributed by atoms with Crippen molar-refractivity contribution in [1.82, 2.24) is 27.4 Å². The number of rotatable bonds is 8. The first-order valence-corrected chi connectivity index (χ1v) is 36.2. The van der Waals surface area contributed by atoms with Gasteiger partial charge in [-0.1, -0.05) is 131 Å². The number of para-hydroxylation sites is 3. The van der Waals surface area contributed by atoms with Gasteiger partial charge in [0.1, 0.15) is 17.7 Å². The molecule has 7 N–H and O–H groups in total. The minimum Gasteiger partial charge on any atom is -0.478 e. The number of aryl methyl sites for hydroxylation is 6. The van der Waals surface area contributed by atoms with E-state index in [1.807, 2.05) is 55.0 Å². The molecule has 17 heteroatoms. The van der Waals surface area contributed by atoms with Crippen LogP contribution in [0.4, 0.5) is 0 Å². The number of hydrogen-bond acceptors (Lipinski definition) is 8. The number of nitriles is 1. The van der Waals surface area contributed by atoms with Crippen molar-refractivity contribution in [1.29, 1.82) is 16.1 Å². The number of hydrogen-bond donors (Lipinski definition) is 5. The highest BCUT2D eigenvalue weighted by atomic mass is 16.5. The second-order valence-corrected chi connectivity index (χ2v) is 28.5. The zero-order valence-corrected chi connectivity index (χ0v) is 57.1. The molecule has 508 valence electrons. The number of benzene rings is 6. The molecule has 100 heavy (non-hydrogen) atoms. The van der Waals surface area contributed by atoms with Crippen LogP contribution >= 0.6 is 0 Å². The third-order valence-corrected chi connectivity index (χ3v) is 22.9. The maximum Gasteiger partial charge on any atom is 0.337 e. The number of amidine groups is 2. The molecule has 3 aliphatic heterocycles. The summed E-state index contributed by atoms with van der Waals surface area (Å²) in [7, 11) is 2.87. The van der Waals surface area contributed by atoms with E-state index >= 15 is 0 Å². The lowest BCUT2D eigenvalue weighted by Gasteiger charge is -2.25. The molecule has 6 aromatic heterocycles. The number of methoxy groups -OCH3 is 2. The highest BCUT2D eigenvalue weighted by Crippen LogP contribution is 2.51. The zero-order valence-electron chi connectivity index (χ0n) is 57.1. The van der Waals surface area contributed by atoms with Crippen molar-refractivity contribution in [3.63, 3.8) is 0 Å². The Balaban J connectivity index is 0.000000117. The molecule has 9 heterocycles. The van der Waals surface area contributed by atoms with E-state index in [0.717, 1.165) is 130 Å². The molecular formula is C83H85N11O6. The maximum atomic E-state index is 12.4. The van der Waals surface area contributed by atoms with E-state index in [1.165, 1.54) is 172 Å². The lowest BCUT2D eigenvalue weighted by Crippen LogP contribution is -2.11. The second kappa shape index (κ2) is 26.2. The molecule has 0 unspecified atom stereocenters. The molecule has 0 bridgehead atoms. The highest BCUT2D eigenvalue weighted by molar-refractivity contribution is 6.14. The summed E-state index contributed by atoms with van der Waals surface area (Å²) < 4.78 is 24.1. The number of esters is 2. The standard InChI is InChI=1S/C28H30N4O2.C28H27N3O2.C27H28N4O2/c1-34-28(33)18-11-12-20-23(15-18)32-14-6-13-31-16-22(27(29)30)19-9-5-10-21(25(19)31)26(32)24(20)17-7-3-2-4-8-17;1-33-28(32)19-11-12-22-24(15-19)31-14-6-13-30-17-20(16-29)21-9-5-10-23(26(21)30)27(31)25(22)18-7-3-2-4-8-18;28-26(29)21-15-30-12-5-13-31-22-14-17(27(32)33)10-11-19(22)23(16-6-2-1-3-7-16)25(31)20-9-4-8-18(21)24(20)30/h5,9-12,15-17H,2-4,6-8,13-14H2,1H3,(H3,29,30);5,9-12,15,17-18H,2-4,6-8,13-14H2,1H3;4,8-11,14-16H,1-3,5-7,12-13H2,(H3,28,29)(H,32,33). The van der Waals surface area contributed by atoms with Gasteiger partial charge in [-0.15, -0.1) is 0 Å². The van der Waals surface area contributed by atoms with Crippen LogP contribution in [0, 0.1) is 22.1 Å². The van der Waals surface area contributed by atoms with Crippen LogP contribution in [0.1, 0.15) is 198 Å². The predicted molar refractivity (Wildman–Crippen MR) is 396 cm³/mol. The molecule has 6 aliphatic rings. The summed E-state index contributed by atoms with van der Waals surface area (Å²) in [4.78, 5) is 36.5. The number of nitrogen functional groups attached to an aromatic ring is 2. The summed E-state index contributed by atoms with van der Waals surface area (Å²) in [5.41, 5.74) is 34.0. The zero-order chi connectivity index (χ0) is 68.6. The summed E-state index contributed by atoms with van der Waals surface area (Å²) in [6.07, 6.45) is 27.5. The quantitative estimate of drug-likeness (QED) is 0.0551. The van der Waals surface area contributed by atoms with Crippen LogP contribution in [-0.2, 0) is 48.7 Å².